The van der Waals surface area contributed by atoms with Crippen LogP contribution in [0.4, 0.5) is 0 Å². The molecule has 13 heteroatoms. The number of alkyl halides is 1. The number of phosphoric ester groups is 1. The Hall–Kier alpha value is -1.04. The highest BCUT2D eigenvalue weighted by Gasteiger charge is 2.35. The lowest BCUT2D eigenvalue weighted by Crippen LogP contribution is -2.46. The maximum Gasteiger partial charge on any atom is 0.469 e. The SMILES string of the molecule is CC(C)(COP(=O)(O)O)C(O)C(=O)NCCC(=O)NCCNC(=O)CBr. The van der Waals surface area contributed by atoms with E-state index in [1.165, 1.54) is 13.8 Å². The van der Waals surface area contributed by atoms with Crippen LogP contribution < -0.4 is 16.0 Å². The monoisotopic (exact) mass is 461 g/mol. The maximum atomic E-state index is 11.9. The summed E-state index contributed by atoms with van der Waals surface area (Å²) in [6.45, 7) is 2.75. The average Bonchev–Trinajstić information content (AvgIpc) is 2.55. The summed E-state index contributed by atoms with van der Waals surface area (Å²) >= 11 is 2.98. The summed E-state index contributed by atoms with van der Waals surface area (Å²) in [7, 11) is -4.71. The van der Waals surface area contributed by atoms with Gasteiger partial charge in [0.05, 0.1) is 11.9 Å². The van der Waals surface area contributed by atoms with Gasteiger partial charge in [0.25, 0.3) is 0 Å². The van der Waals surface area contributed by atoms with Crippen LogP contribution in [0.2, 0.25) is 0 Å². The van der Waals surface area contributed by atoms with Crippen LogP contribution in [-0.4, -0.2) is 70.3 Å². The molecule has 1 atom stereocenters. The van der Waals surface area contributed by atoms with Gasteiger partial charge < -0.3 is 30.8 Å². The summed E-state index contributed by atoms with van der Waals surface area (Å²) in [4.78, 5) is 51.7. The number of hydrogen-bond acceptors (Lipinski definition) is 6. The van der Waals surface area contributed by atoms with Gasteiger partial charge in [-0.15, -0.1) is 0 Å². The first-order valence-corrected chi connectivity index (χ1v) is 10.3. The molecule has 0 aromatic carbocycles. The minimum atomic E-state index is -4.71. The molecule has 0 aliphatic rings. The Morgan fingerprint density at radius 1 is 1.08 bits per heavy atom. The van der Waals surface area contributed by atoms with E-state index >= 15 is 0 Å². The third-order valence-electron chi connectivity index (χ3n) is 3.14. The van der Waals surface area contributed by atoms with E-state index in [1.807, 2.05) is 0 Å². The Morgan fingerprint density at radius 2 is 1.62 bits per heavy atom. The minimum Gasteiger partial charge on any atom is -0.383 e. The number of halogens is 1. The number of aliphatic hydroxyl groups is 1. The van der Waals surface area contributed by atoms with Gasteiger partial charge in [-0.1, -0.05) is 29.8 Å². The van der Waals surface area contributed by atoms with Crippen molar-refractivity contribution in [1.29, 1.82) is 0 Å². The molecule has 0 spiro atoms. The summed E-state index contributed by atoms with van der Waals surface area (Å²) in [6, 6.07) is 0. The number of carbonyl (C=O) groups excluding carboxylic acids is 3. The van der Waals surface area contributed by atoms with E-state index in [2.05, 4.69) is 36.4 Å². The third kappa shape index (κ3) is 11.6. The molecule has 0 aliphatic heterocycles. The molecule has 1 unspecified atom stereocenters. The van der Waals surface area contributed by atoms with Crippen LogP contribution in [-0.2, 0) is 23.5 Å². The summed E-state index contributed by atoms with van der Waals surface area (Å²) in [6.07, 6.45) is -1.62. The Balaban J connectivity index is 4.10. The van der Waals surface area contributed by atoms with Gasteiger partial charge in [-0.05, 0) is 0 Å². The summed E-state index contributed by atoms with van der Waals surface area (Å²) in [5, 5.41) is 17.6. The normalized spacial score (nSPS) is 13.0. The largest absolute Gasteiger partial charge is 0.469 e. The van der Waals surface area contributed by atoms with E-state index in [0.29, 0.717) is 0 Å². The first kappa shape index (κ1) is 25.0. The minimum absolute atomic E-state index is 0.0368. The van der Waals surface area contributed by atoms with Gasteiger partial charge >= 0.3 is 7.82 Å². The van der Waals surface area contributed by atoms with Crippen LogP contribution in [0.3, 0.4) is 0 Å². The average molecular weight is 462 g/mol. The number of carbonyl (C=O) groups is 3. The Kier molecular flexibility index (Phi) is 11.2. The zero-order valence-electron chi connectivity index (χ0n) is 14.5. The van der Waals surface area contributed by atoms with Crippen LogP contribution in [0.15, 0.2) is 0 Å². The van der Waals surface area contributed by atoms with Gasteiger partial charge in [0, 0.05) is 31.5 Å². The third-order valence-corrected chi connectivity index (χ3v) is 4.11. The fraction of sp³-hybridized carbons (Fsp3) is 0.769. The molecule has 0 fully saturated rings. The van der Waals surface area contributed by atoms with Crippen molar-refractivity contribution in [3.8, 4) is 0 Å². The second-order valence-electron chi connectivity index (χ2n) is 6.03. The highest BCUT2D eigenvalue weighted by molar-refractivity contribution is 9.09. The zero-order chi connectivity index (χ0) is 20.4. The van der Waals surface area contributed by atoms with Crippen molar-refractivity contribution in [2.24, 2.45) is 5.41 Å². The quantitative estimate of drug-likeness (QED) is 0.117. The predicted octanol–water partition coefficient (Wildman–Crippen LogP) is -1.38. The number of rotatable bonds is 12. The first-order valence-electron chi connectivity index (χ1n) is 7.64. The summed E-state index contributed by atoms with van der Waals surface area (Å²) in [5.41, 5.74) is -1.25. The smallest absolute Gasteiger partial charge is 0.383 e. The Bertz CT molecular complexity index is 539. The zero-order valence-corrected chi connectivity index (χ0v) is 17.0. The maximum absolute atomic E-state index is 11.9. The summed E-state index contributed by atoms with van der Waals surface area (Å²) < 4.78 is 15.0. The first-order chi connectivity index (χ1) is 11.9. The van der Waals surface area contributed by atoms with Crippen LogP contribution in [0.1, 0.15) is 20.3 Å². The fourth-order valence-corrected chi connectivity index (χ4v) is 2.32. The molecule has 26 heavy (non-hydrogen) atoms. The standard InChI is InChI=1S/C13H25BrN3O8P/c1-13(2,8-25-26(22,23)24)11(20)12(21)17-4-3-9(18)15-5-6-16-10(19)7-14/h11,20H,3-8H2,1-2H3,(H,15,18)(H,16,19)(H,17,21)(H2,22,23,24). The molecular weight excluding hydrogens is 437 g/mol. The predicted molar refractivity (Wildman–Crippen MR) is 95.2 cm³/mol. The fourth-order valence-electron chi connectivity index (χ4n) is 1.62. The Labute approximate surface area is 159 Å². The molecule has 0 bridgehead atoms. The van der Waals surface area contributed by atoms with Gasteiger partial charge in [-0.3, -0.25) is 18.9 Å². The van der Waals surface area contributed by atoms with Gasteiger partial charge in [0.15, 0.2) is 0 Å². The molecular formula is C13H25BrN3O8P. The highest BCUT2D eigenvalue weighted by Crippen LogP contribution is 2.38. The molecule has 0 saturated heterocycles. The molecule has 6 N–H and O–H groups in total. The van der Waals surface area contributed by atoms with E-state index in [1.54, 1.807) is 0 Å². The second-order valence-corrected chi connectivity index (χ2v) is 7.83. The van der Waals surface area contributed by atoms with E-state index in [4.69, 9.17) is 9.79 Å². The highest BCUT2D eigenvalue weighted by atomic mass is 79.9. The van der Waals surface area contributed by atoms with Gasteiger partial charge in [0.1, 0.15) is 6.10 Å². The number of hydrogen-bond donors (Lipinski definition) is 6. The van der Waals surface area contributed by atoms with Crippen molar-refractivity contribution >= 4 is 41.5 Å². The van der Waals surface area contributed by atoms with Crippen LogP contribution in [0.5, 0.6) is 0 Å². The van der Waals surface area contributed by atoms with Crippen molar-refractivity contribution in [2.45, 2.75) is 26.4 Å². The van der Waals surface area contributed by atoms with Crippen LogP contribution in [0, 0.1) is 5.41 Å². The molecule has 0 aromatic heterocycles. The topological polar surface area (TPSA) is 174 Å². The molecule has 0 aromatic rings. The molecule has 0 rings (SSSR count). The van der Waals surface area contributed by atoms with E-state index in [0.717, 1.165) is 0 Å². The molecule has 0 aliphatic carbocycles. The lowest BCUT2D eigenvalue weighted by atomic mass is 9.87. The van der Waals surface area contributed by atoms with Crippen molar-refractivity contribution < 1.29 is 38.4 Å². The van der Waals surface area contributed by atoms with Crippen LogP contribution >= 0.6 is 23.8 Å². The summed E-state index contributed by atoms with van der Waals surface area (Å²) in [5.74, 6) is -1.34. The number of amides is 3. The molecule has 3 amide bonds. The van der Waals surface area contributed by atoms with E-state index in [9.17, 15) is 24.1 Å². The molecule has 0 saturated carbocycles. The van der Waals surface area contributed by atoms with E-state index in [-0.39, 0.29) is 43.2 Å². The van der Waals surface area contributed by atoms with Crippen molar-refractivity contribution in [2.75, 3.05) is 31.6 Å². The van der Waals surface area contributed by atoms with Crippen LogP contribution in [0.25, 0.3) is 0 Å². The lowest BCUT2D eigenvalue weighted by molar-refractivity contribution is -0.137. The lowest BCUT2D eigenvalue weighted by Gasteiger charge is -2.29. The number of phosphoric acid groups is 1. The number of nitrogens with one attached hydrogen (secondary N) is 3. The number of aliphatic hydroxyl groups excluding tert-OH is 1. The van der Waals surface area contributed by atoms with Crippen molar-refractivity contribution in [3.63, 3.8) is 0 Å². The Morgan fingerprint density at radius 3 is 2.12 bits per heavy atom. The van der Waals surface area contributed by atoms with Crippen molar-refractivity contribution in [3.05, 3.63) is 0 Å². The van der Waals surface area contributed by atoms with Crippen molar-refractivity contribution in [1.82, 2.24) is 16.0 Å². The molecule has 152 valence electrons. The van der Waals surface area contributed by atoms with E-state index < -0.39 is 31.9 Å². The molecule has 0 heterocycles. The second kappa shape index (κ2) is 11.6. The van der Waals surface area contributed by atoms with Gasteiger partial charge in [-0.2, -0.15) is 0 Å². The molecule has 11 nitrogen and oxygen atoms in total. The van der Waals surface area contributed by atoms with Gasteiger partial charge in [0.2, 0.25) is 17.7 Å². The molecule has 0 radical (unpaired) electrons. The van der Waals surface area contributed by atoms with Gasteiger partial charge in [-0.25, -0.2) is 4.57 Å².